The zero-order valence-electron chi connectivity index (χ0n) is 13.5. The van der Waals surface area contributed by atoms with E-state index in [9.17, 15) is 14.7 Å². The number of esters is 1. The van der Waals surface area contributed by atoms with E-state index in [4.69, 9.17) is 24.4 Å². The van der Waals surface area contributed by atoms with Crippen molar-refractivity contribution < 1.29 is 39.1 Å². The van der Waals surface area contributed by atoms with Gasteiger partial charge in [-0.2, -0.15) is 0 Å². The Morgan fingerprint density at radius 1 is 1.12 bits per heavy atom. The highest BCUT2D eigenvalue weighted by Crippen LogP contribution is 2.13. The number of aliphatic hydroxyl groups excluding tert-OH is 2. The van der Waals surface area contributed by atoms with E-state index in [-0.39, 0.29) is 6.61 Å². The van der Waals surface area contributed by atoms with Crippen LogP contribution in [0.1, 0.15) is 12.5 Å². The molecule has 1 aromatic carbocycles. The molecule has 0 saturated carbocycles. The van der Waals surface area contributed by atoms with Gasteiger partial charge in [-0.15, -0.1) is 0 Å². The molecule has 0 aliphatic rings. The van der Waals surface area contributed by atoms with Crippen LogP contribution in [0.2, 0.25) is 0 Å². The number of benzene rings is 1. The van der Waals surface area contributed by atoms with Crippen LogP contribution in [0.3, 0.4) is 0 Å². The minimum absolute atomic E-state index is 0.0129. The Labute approximate surface area is 139 Å². The van der Waals surface area contributed by atoms with Crippen molar-refractivity contribution in [2.45, 2.75) is 31.7 Å². The molecule has 0 aromatic heterocycles. The van der Waals surface area contributed by atoms with Crippen molar-refractivity contribution in [1.82, 2.24) is 0 Å². The minimum atomic E-state index is -2.23. The summed E-state index contributed by atoms with van der Waals surface area (Å²) in [7, 11) is 1.63. The van der Waals surface area contributed by atoms with Crippen molar-refractivity contribution in [3.05, 3.63) is 29.8 Å². The molecule has 1 rings (SSSR count). The number of rotatable bonds is 10. The van der Waals surface area contributed by atoms with Gasteiger partial charge in [-0.05, 0) is 31.0 Å². The van der Waals surface area contributed by atoms with Crippen molar-refractivity contribution >= 4 is 11.9 Å². The van der Waals surface area contributed by atoms with Crippen LogP contribution in [0.4, 0.5) is 0 Å². The van der Waals surface area contributed by atoms with Crippen molar-refractivity contribution in [3.8, 4) is 5.75 Å². The number of hydrogen-bond acceptors (Lipinski definition) is 7. The molecule has 24 heavy (non-hydrogen) atoms. The van der Waals surface area contributed by atoms with Gasteiger partial charge in [-0.3, -0.25) is 0 Å². The van der Waals surface area contributed by atoms with Gasteiger partial charge in [0.25, 0.3) is 0 Å². The third-order valence-electron chi connectivity index (χ3n) is 3.11. The molecular formula is C16H22O8. The molecule has 0 aliphatic carbocycles. The Hall–Kier alpha value is -2.16. The molecule has 0 spiro atoms. The number of carboxylic acids is 1. The average molecular weight is 342 g/mol. The maximum absolute atomic E-state index is 11.5. The van der Waals surface area contributed by atoms with E-state index >= 15 is 0 Å². The minimum Gasteiger partial charge on any atom is -0.490 e. The molecule has 0 fully saturated rings. The van der Waals surface area contributed by atoms with E-state index in [2.05, 4.69) is 0 Å². The highest BCUT2D eigenvalue weighted by molar-refractivity contribution is 5.84. The first-order chi connectivity index (χ1) is 11.3. The number of methoxy groups -OCH3 is 1. The fraction of sp³-hybridized carbons (Fsp3) is 0.500. The maximum atomic E-state index is 11.5. The van der Waals surface area contributed by atoms with Gasteiger partial charge in [-0.25, -0.2) is 9.59 Å². The molecule has 3 unspecified atom stereocenters. The molecule has 0 saturated heterocycles. The van der Waals surface area contributed by atoms with Gasteiger partial charge in [0.2, 0.25) is 0 Å². The van der Waals surface area contributed by atoms with E-state index in [1.807, 2.05) is 12.1 Å². The summed E-state index contributed by atoms with van der Waals surface area (Å²) in [6.45, 7) is 2.15. The summed E-state index contributed by atoms with van der Waals surface area (Å²) in [4.78, 5) is 22.0. The number of carbonyl (C=O) groups excluding carboxylic acids is 1. The second-order valence-corrected chi connectivity index (χ2v) is 5.17. The average Bonchev–Trinajstić information content (AvgIpc) is 2.57. The standard InChI is InChI=1S/C16H22O8/c1-10(24-16(21)14(18)13(17)15(19)20)9-23-12-5-3-11(4-6-12)7-8-22-2/h3-6,10,13-14,17-18H,7-9H2,1-2H3,(H,19,20). The van der Waals surface area contributed by atoms with E-state index in [0.29, 0.717) is 12.4 Å². The number of hydrogen-bond donors (Lipinski definition) is 3. The molecular weight excluding hydrogens is 320 g/mol. The van der Waals surface area contributed by atoms with Gasteiger partial charge in [0.15, 0.2) is 12.2 Å². The number of aliphatic carboxylic acids is 1. The molecule has 0 radical (unpaired) electrons. The zero-order chi connectivity index (χ0) is 18.1. The molecule has 0 bridgehead atoms. The molecule has 0 aliphatic heterocycles. The summed E-state index contributed by atoms with van der Waals surface area (Å²) < 4.78 is 15.3. The highest BCUT2D eigenvalue weighted by atomic mass is 16.6. The summed E-state index contributed by atoms with van der Waals surface area (Å²) in [5, 5.41) is 26.9. The molecule has 3 N–H and O–H groups in total. The third-order valence-corrected chi connectivity index (χ3v) is 3.11. The molecule has 1 aromatic rings. The second-order valence-electron chi connectivity index (χ2n) is 5.17. The van der Waals surface area contributed by atoms with Crippen LogP contribution in [-0.4, -0.2) is 65.9 Å². The summed E-state index contributed by atoms with van der Waals surface area (Å²) in [5.41, 5.74) is 1.09. The van der Waals surface area contributed by atoms with E-state index < -0.39 is 30.3 Å². The van der Waals surface area contributed by atoms with Crippen LogP contribution in [-0.2, 0) is 25.5 Å². The van der Waals surface area contributed by atoms with E-state index in [1.165, 1.54) is 6.92 Å². The lowest BCUT2D eigenvalue weighted by Gasteiger charge is -2.18. The van der Waals surface area contributed by atoms with Crippen molar-refractivity contribution in [1.29, 1.82) is 0 Å². The van der Waals surface area contributed by atoms with Crippen LogP contribution in [0.15, 0.2) is 24.3 Å². The molecule has 0 amide bonds. The lowest BCUT2D eigenvalue weighted by Crippen LogP contribution is -2.42. The fourth-order valence-corrected chi connectivity index (χ4v) is 1.75. The van der Waals surface area contributed by atoms with Crippen LogP contribution in [0.25, 0.3) is 0 Å². The Kier molecular flexibility index (Phi) is 8.17. The summed E-state index contributed by atoms with van der Waals surface area (Å²) in [6, 6.07) is 7.31. The quantitative estimate of drug-likeness (QED) is 0.508. The Balaban J connectivity index is 2.41. The van der Waals surface area contributed by atoms with Crippen LogP contribution in [0, 0.1) is 0 Å². The number of aliphatic hydroxyl groups is 2. The molecule has 3 atom stereocenters. The number of carboxylic acid groups (broad SMARTS) is 1. The van der Waals surface area contributed by atoms with Gasteiger partial charge >= 0.3 is 11.9 Å². The SMILES string of the molecule is COCCc1ccc(OCC(C)OC(=O)C(O)C(O)C(=O)O)cc1. The van der Waals surface area contributed by atoms with E-state index in [0.717, 1.165) is 12.0 Å². The predicted octanol–water partition coefficient (Wildman–Crippen LogP) is -0.00760. The summed E-state index contributed by atoms with van der Waals surface area (Å²) in [5.74, 6) is -2.36. The van der Waals surface area contributed by atoms with Gasteiger partial charge in [-0.1, -0.05) is 12.1 Å². The van der Waals surface area contributed by atoms with Gasteiger partial charge in [0, 0.05) is 7.11 Å². The first-order valence-corrected chi connectivity index (χ1v) is 7.35. The normalized spacial score (nSPS) is 14.5. The van der Waals surface area contributed by atoms with Gasteiger partial charge in [0.05, 0.1) is 6.61 Å². The zero-order valence-corrected chi connectivity index (χ0v) is 13.5. The number of carbonyl (C=O) groups is 2. The second kappa shape index (κ2) is 9.86. The molecule has 134 valence electrons. The smallest absolute Gasteiger partial charge is 0.338 e. The molecule has 0 heterocycles. The topological polar surface area (TPSA) is 123 Å². The van der Waals surface area contributed by atoms with Crippen LogP contribution < -0.4 is 4.74 Å². The first kappa shape index (κ1) is 19.9. The Morgan fingerprint density at radius 3 is 2.29 bits per heavy atom. The monoisotopic (exact) mass is 342 g/mol. The Morgan fingerprint density at radius 2 is 1.75 bits per heavy atom. The highest BCUT2D eigenvalue weighted by Gasteiger charge is 2.32. The lowest BCUT2D eigenvalue weighted by atomic mass is 10.1. The van der Waals surface area contributed by atoms with Crippen molar-refractivity contribution in [2.75, 3.05) is 20.3 Å². The summed E-state index contributed by atoms with van der Waals surface area (Å²) >= 11 is 0. The Bertz CT molecular complexity index is 527. The van der Waals surface area contributed by atoms with Crippen LogP contribution >= 0.6 is 0 Å². The molecule has 8 nitrogen and oxygen atoms in total. The number of ether oxygens (including phenoxy) is 3. The largest absolute Gasteiger partial charge is 0.490 e. The van der Waals surface area contributed by atoms with E-state index in [1.54, 1.807) is 19.2 Å². The molecule has 8 heteroatoms. The van der Waals surface area contributed by atoms with Crippen molar-refractivity contribution in [3.63, 3.8) is 0 Å². The first-order valence-electron chi connectivity index (χ1n) is 7.35. The van der Waals surface area contributed by atoms with Crippen molar-refractivity contribution in [2.24, 2.45) is 0 Å². The predicted molar refractivity (Wildman–Crippen MR) is 82.7 cm³/mol. The van der Waals surface area contributed by atoms with Gasteiger partial charge < -0.3 is 29.5 Å². The fourth-order valence-electron chi connectivity index (χ4n) is 1.75. The van der Waals surface area contributed by atoms with Gasteiger partial charge in [0.1, 0.15) is 18.5 Å². The third kappa shape index (κ3) is 6.53. The summed E-state index contributed by atoms with van der Waals surface area (Å²) in [6.07, 6.45) is -4.33. The lowest BCUT2D eigenvalue weighted by molar-refractivity contribution is -0.173. The van der Waals surface area contributed by atoms with Crippen LogP contribution in [0.5, 0.6) is 5.75 Å². The maximum Gasteiger partial charge on any atom is 0.338 e.